The second kappa shape index (κ2) is 2.62. The number of hydrogen-bond acceptors (Lipinski definition) is 2. The van der Waals surface area contributed by atoms with Crippen LogP contribution in [0.4, 0.5) is 0 Å². The highest BCUT2D eigenvalue weighted by atomic mass is 32.1. The highest BCUT2D eigenvalue weighted by Crippen LogP contribution is 2.17. The summed E-state index contributed by atoms with van der Waals surface area (Å²) in [4.78, 5) is 0. The number of benzene rings is 1. The summed E-state index contributed by atoms with van der Waals surface area (Å²) in [5.41, 5.74) is 2.13. The second-order valence-corrected chi connectivity index (χ2v) is 2.77. The van der Waals surface area contributed by atoms with Gasteiger partial charge in [-0.2, -0.15) is 12.6 Å². The molecule has 0 spiro atoms. The van der Waals surface area contributed by atoms with Gasteiger partial charge >= 0.3 is 0 Å². The maximum atomic E-state index is 5.23. The predicted octanol–water partition coefficient (Wildman–Crippen LogP) is 2.86. The van der Waals surface area contributed by atoms with Crippen molar-refractivity contribution < 1.29 is 4.42 Å². The quantitative estimate of drug-likeness (QED) is 0.639. The van der Waals surface area contributed by atoms with Gasteiger partial charge in [0.2, 0.25) is 0 Å². The van der Waals surface area contributed by atoms with E-state index in [1.54, 1.807) is 6.26 Å². The van der Waals surface area contributed by atoms with Crippen molar-refractivity contribution in [2.24, 2.45) is 0 Å². The Hall–Kier alpha value is -0.890. The molecule has 2 rings (SSSR count). The highest BCUT2D eigenvalue weighted by molar-refractivity contribution is 7.79. The molecule has 0 aliphatic rings. The first-order chi connectivity index (χ1) is 5.40. The Morgan fingerprint density at radius 1 is 1.27 bits per heavy atom. The third-order valence-electron chi connectivity index (χ3n) is 1.70. The average molecular weight is 164 g/mol. The van der Waals surface area contributed by atoms with Crippen molar-refractivity contribution in [2.75, 3.05) is 0 Å². The molecule has 2 heteroatoms. The standard InChI is InChI=1S/C9H8OS/c11-6-7-1-2-8-3-4-10-9(8)5-7/h1-5,11H,6H2. The molecule has 1 aromatic carbocycles. The lowest BCUT2D eigenvalue weighted by Gasteiger charge is -1.93. The molecular weight excluding hydrogens is 156 g/mol. The fourth-order valence-corrected chi connectivity index (χ4v) is 1.29. The van der Waals surface area contributed by atoms with Crippen LogP contribution in [0, 0.1) is 0 Å². The molecule has 11 heavy (non-hydrogen) atoms. The van der Waals surface area contributed by atoms with Gasteiger partial charge in [-0.1, -0.05) is 12.1 Å². The Morgan fingerprint density at radius 2 is 2.18 bits per heavy atom. The van der Waals surface area contributed by atoms with E-state index in [9.17, 15) is 0 Å². The molecule has 56 valence electrons. The minimum absolute atomic E-state index is 0.761. The van der Waals surface area contributed by atoms with Gasteiger partial charge in [-0.05, 0) is 17.7 Å². The van der Waals surface area contributed by atoms with Gasteiger partial charge < -0.3 is 4.42 Å². The van der Waals surface area contributed by atoms with Gasteiger partial charge in [0.05, 0.1) is 6.26 Å². The molecule has 1 aromatic heterocycles. The van der Waals surface area contributed by atoms with Crippen LogP contribution in [-0.2, 0) is 5.75 Å². The minimum Gasteiger partial charge on any atom is -0.464 e. The average Bonchev–Trinajstić information content (AvgIpc) is 2.50. The van der Waals surface area contributed by atoms with E-state index in [0.717, 1.165) is 16.7 Å². The maximum absolute atomic E-state index is 5.23. The third kappa shape index (κ3) is 1.14. The topological polar surface area (TPSA) is 13.1 Å². The lowest BCUT2D eigenvalue weighted by Crippen LogP contribution is -1.74. The van der Waals surface area contributed by atoms with Crippen LogP contribution in [0.25, 0.3) is 11.0 Å². The first-order valence-electron chi connectivity index (χ1n) is 3.47. The van der Waals surface area contributed by atoms with Gasteiger partial charge in [-0.25, -0.2) is 0 Å². The summed E-state index contributed by atoms with van der Waals surface area (Å²) in [6.07, 6.45) is 1.70. The molecule has 0 atom stereocenters. The zero-order valence-corrected chi connectivity index (χ0v) is 6.84. The van der Waals surface area contributed by atoms with E-state index in [4.69, 9.17) is 4.42 Å². The smallest absolute Gasteiger partial charge is 0.134 e. The molecule has 2 aromatic rings. The second-order valence-electron chi connectivity index (χ2n) is 2.45. The molecule has 0 saturated heterocycles. The molecule has 0 unspecified atom stereocenters. The Balaban J connectivity index is 2.67. The summed E-state index contributed by atoms with van der Waals surface area (Å²) in [6.45, 7) is 0. The van der Waals surface area contributed by atoms with Crippen molar-refractivity contribution in [1.82, 2.24) is 0 Å². The van der Waals surface area contributed by atoms with Crippen molar-refractivity contribution in [3.8, 4) is 0 Å². The van der Waals surface area contributed by atoms with E-state index in [-0.39, 0.29) is 0 Å². The van der Waals surface area contributed by atoms with E-state index in [1.165, 1.54) is 5.56 Å². The summed E-state index contributed by atoms with van der Waals surface area (Å²) in [5, 5.41) is 1.15. The Bertz CT molecular complexity index is 364. The number of rotatable bonds is 1. The van der Waals surface area contributed by atoms with Crippen LogP contribution in [0.2, 0.25) is 0 Å². The molecule has 0 saturated carbocycles. The van der Waals surface area contributed by atoms with Crippen LogP contribution in [0.5, 0.6) is 0 Å². The SMILES string of the molecule is SCc1ccc2ccoc2c1. The predicted molar refractivity (Wildman–Crippen MR) is 48.9 cm³/mol. The largest absolute Gasteiger partial charge is 0.464 e. The Labute approximate surface area is 70.4 Å². The van der Waals surface area contributed by atoms with Gasteiger partial charge in [-0.15, -0.1) is 0 Å². The number of fused-ring (bicyclic) bond motifs is 1. The molecular formula is C9H8OS. The zero-order valence-electron chi connectivity index (χ0n) is 5.95. The fourth-order valence-electron chi connectivity index (χ4n) is 1.10. The van der Waals surface area contributed by atoms with Crippen molar-refractivity contribution >= 4 is 23.6 Å². The highest BCUT2D eigenvalue weighted by Gasteiger charge is 1.96. The van der Waals surface area contributed by atoms with E-state index >= 15 is 0 Å². The van der Waals surface area contributed by atoms with Crippen LogP contribution < -0.4 is 0 Å². The lowest BCUT2D eigenvalue weighted by molar-refractivity contribution is 0.615. The summed E-state index contributed by atoms with van der Waals surface area (Å²) in [6, 6.07) is 8.08. The number of thiol groups is 1. The molecule has 0 bridgehead atoms. The van der Waals surface area contributed by atoms with Crippen LogP contribution in [0.1, 0.15) is 5.56 Å². The molecule has 1 nitrogen and oxygen atoms in total. The summed E-state index contributed by atoms with van der Waals surface area (Å²) < 4.78 is 5.23. The van der Waals surface area contributed by atoms with Crippen molar-refractivity contribution in [3.63, 3.8) is 0 Å². The van der Waals surface area contributed by atoms with Crippen molar-refractivity contribution in [3.05, 3.63) is 36.1 Å². The van der Waals surface area contributed by atoms with Gasteiger partial charge in [0, 0.05) is 11.1 Å². The fraction of sp³-hybridized carbons (Fsp3) is 0.111. The first-order valence-corrected chi connectivity index (χ1v) is 4.10. The third-order valence-corrected chi connectivity index (χ3v) is 2.07. The monoisotopic (exact) mass is 164 g/mol. The summed E-state index contributed by atoms with van der Waals surface area (Å²) in [5.74, 6) is 0.761. The molecule has 0 aliphatic heterocycles. The lowest BCUT2D eigenvalue weighted by atomic mass is 10.2. The number of furan rings is 1. The van der Waals surface area contributed by atoms with Crippen LogP contribution in [0.15, 0.2) is 34.9 Å². The van der Waals surface area contributed by atoms with Gasteiger partial charge in [0.25, 0.3) is 0 Å². The minimum atomic E-state index is 0.761. The van der Waals surface area contributed by atoms with E-state index in [2.05, 4.69) is 18.7 Å². The normalized spacial score (nSPS) is 10.6. The van der Waals surface area contributed by atoms with Gasteiger partial charge in [-0.3, -0.25) is 0 Å². The Kier molecular flexibility index (Phi) is 1.62. The van der Waals surface area contributed by atoms with E-state index < -0.39 is 0 Å². The number of hydrogen-bond donors (Lipinski definition) is 1. The maximum Gasteiger partial charge on any atom is 0.134 e. The van der Waals surface area contributed by atoms with Crippen LogP contribution >= 0.6 is 12.6 Å². The molecule has 0 N–H and O–H groups in total. The van der Waals surface area contributed by atoms with Crippen LogP contribution in [0.3, 0.4) is 0 Å². The van der Waals surface area contributed by atoms with Crippen molar-refractivity contribution in [1.29, 1.82) is 0 Å². The first kappa shape index (κ1) is 6.80. The molecule has 0 fully saturated rings. The van der Waals surface area contributed by atoms with E-state index in [1.807, 2.05) is 18.2 Å². The Morgan fingerprint density at radius 3 is 3.00 bits per heavy atom. The molecule has 0 amide bonds. The zero-order chi connectivity index (χ0) is 7.68. The van der Waals surface area contributed by atoms with Gasteiger partial charge in [0.1, 0.15) is 5.58 Å². The summed E-state index contributed by atoms with van der Waals surface area (Å²) in [7, 11) is 0. The van der Waals surface area contributed by atoms with Gasteiger partial charge in [0.15, 0.2) is 0 Å². The molecule has 0 radical (unpaired) electrons. The van der Waals surface area contributed by atoms with Crippen LogP contribution in [-0.4, -0.2) is 0 Å². The molecule has 0 aliphatic carbocycles. The molecule has 1 heterocycles. The summed E-state index contributed by atoms with van der Waals surface area (Å²) >= 11 is 4.17. The van der Waals surface area contributed by atoms with Crippen molar-refractivity contribution in [2.45, 2.75) is 5.75 Å². The van der Waals surface area contributed by atoms with E-state index in [0.29, 0.717) is 0 Å².